The Kier molecular flexibility index (Phi) is 6.60. The van der Waals surface area contributed by atoms with Gasteiger partial charge in [-0.1, -0.05) is 18.2 Å². The molecule has 0 atom stereocenters. The summed E-state index contributed by atoms with van der Waals surface area (Å²) in [6.07, 6.45) is 0.380. The monoisotopic (exact) mass is 386 g/mol. The molecule has 0 unspecified atom stereocenters. The molecule has 0 saturated carbocycles. The molecule has 1 amide bonds. The lowest BCUT2D eigenvalue weighted by molar-refractivity contribution is -0.116. The van der Waals surface area contributed by atoms with E-state index in [9.17, 15) is 14.0 Å². The molecule has 28 heavy (non-hydrogen) atoms. The second-order valence-corrected chi connectivity index (χ2v) is 6.46. The lowest BCUT2D eigenvalue weighted by Crippen LogP contribution is -2.36. The fraction of sp³-hybridized carbons (Fsp3) is 0.333. The molecule has 0 radical (unpaired) electrons. The number of ether oxygens (including phenoxy) is 2. The average molecular weight is 386 g/mol. The highest BCUT2D eigenvalue weighted by molar-refractivity contribution is 6.02. The number of carbonyl (C=O) groups is 2. The van der Waals surface area contributed by atoms with Crippen molar-refractivity contribution >= 4 is 23.3 Å². The van der Waals surface area contributed by atoms with Gasteiger partial charge in [-0.15, -0.1) is 0 Å². The van der Waals surface area contributed by atoms with Gasteiger partial charge in [0.1, 0.15) is 5.82 Å². The fourth-order valence-electron chi connectivity index (χ4n) is 3.10. The maximum Gasteiger partial charge on any atom is 0.340 e. The minimum absolute atomic E-state index is 0.104. The van der Waals surface area contributed by atoms with Crippen LogP contribution in [-0.2, 0) is 20.7 Å². The zero-order chi connectivity index (χ0) is 19.9. The van der Waals surface area contributed by atoms with E-state index in [1.54, 1.807) is 30.3 Å². The minimum Gasteiger partial charge on any atom is -0.465 e. The molecular formula is C21H23FN2O4. The molecule has 6 nitrogen and oxygen atoms in total. The van der Waals surface area contributed by atoms with Gasteiger partial charge in [-0.2, -0.15) is 0 Å². The van der Waals surface area contributed by atoms with Crippen molar-refractivity contribution in [1.82, 2.24) is 0 Å². The number of benzene rings is 2. The molecule has 2 aromatic rings. The Balaban J connectivity index is 1.71. The Morgan fingerprint density at radius 2 is 1.93 bits per heavy atom. The summed E-state index contributed by atoms with van der Waals surface area (Å²) < 4.78 is 23.9. The maximum atomic E-state index is 13.7. The van der Waals surface area contributed by atoms with E-state index < -0.39 is 5.97 Å². The first-order valence-corrected chi connectivity index (χ1v) is 9.17. The maximum absolute atomic E-state index is 13.7. The number of hydrogen-bond donors (Lipinski definition) is 1. The number of hydrogen-bond acceptors (Lipinski definition) is 5. The van der Waals surface area contributed by atoms with Crippen molar-refractivity contribution in [2.75, 3.05) is 43.6 Å². The Morgan fingerprint density at radius 3 is 2.64 bits per heavy atom. The molecule has 1 aliphatic rings. The number of methoxy groups -OCH3 is 1. The summed E-state index contributed by atoms with van der Waals surface area (Å²) in [4.78, 5) is 26.7. The van der Waals surface area contributed by atoms with Gasteiger partial charge in [-0.3, -0.25) is 4.79 Å². The van der Waals surface area contributed by atoms with Crippen LogP contribution in [-0.4, -0.2) is 45.3 Å². The van der Waals surface area contributed by atoms with Crippen molar-refractivity contribution in [3.8, 4) is 0 Å². The number of esters is 1. The summed E-state index contributed by atoms with van der Waals surface area (Å²) in [7, 11) is 1.30. The Labute approximate surface area is 163 Å². The van der Waals surface area contributed by atoms with Crippen molar-refractivity contribution in [2.24, 2.45) is 0 Å². The lowest BCUT2D eigenvalue weighted by atomic mass is 10.1. The van der Waals surface area contributed by atoms with E-state index in [1.807, 2.05) is 6.07 Å². The highest BCUT2D eigenvalue weighted by Gasteiger charge is 2.18. The number of anilines is 2. The van der Waals surface area contributed by atoms with E-state index in [4.69, 9.17) is 9.47 Å². The number of halogens is 1. The number of nitrogens with zero attached hydrogens (tertiary/aromatic N) is 1. The molecule has 0 aliphatic carbocycles. The molecule has 0 spiro atoms. The molecule has 1 fully saturated rings. The van der Waals surface area contributed by atoms with Gasteiger partial charge in [0.15, 0.2) is 0 Å². The fourth-order valence-corrected chi connectivity index (χ4v) is 3.10. The van der Waals surface area contributed by atoms with E-state index in [0.29, 0.717) is 24.5 Å². The predicted molar refractivity (Wildman–Crippen MR) is 104 cm³/mol. The summed E-state index contributed by atoms with van der Waals surface area (Å²) in [5, 5.41) is 2.74. The Hall–Kier alpha value is -2.93. The molecule has 1 saturated heterocycles. The van der Waals surface area contributed by atoms with Gasteiger partial charge in [0.2, 0.25) is 5.91 Å². The second kappa shape index (κ2) is 9.32. The predicted octanol–water partition coefficient (Wildman–Crippen LogP) is 3.02. The molecule has 148 valence electrons. The first-order valence-electron chi connectivity index (χ1n) is 9.17. The first-order chi connectivity index (χ1) is 13.6. The summed E-state index contributed by atoms with van der Waals surface area (Å²) in [5.41, 5.74) is 2.01. The number of rotatable bonds is 6. The zero-order valence-corrected chi connectivity index (χ0v) is 15.7. The van der Waals surface area contributed by atoms with Gasteiger partial charge in [0, 0.05) is 25.2 Å². The van der Waals surface area contributed by atoms with Crippen molar-refractivity contribution in [2.45, 2.75) is 12.8 Å². The number of aryl methyl sites for hydroxylation is 1. The third-order valence-electron chi connectivity index (χ3n) is 4.64. The van der Waals surface area contributed by atoms with Gasteiger partial charge in [-0.25, -0.2) is 9.18 Å². The van der Waals surface area contributed by atoms with E-state index in [-0.39, 0.29) is 30.1 Å². The second-order valence-electron chi connectivity index (χ2n) is 6.46. The van der Waals surface area contributed by atoms with Crippen LogP contribution in [0, 0.1) is 5.82 Å². The van der Waals surface area contributed by atoms with E-state index >= 15 is 0 Å². The SMILES string of the molecule is COC(=O)c1cc(N2CCOCC2)ccc1NC(=O)CCc1ccccc1F. The molecule has 2 aromatic carbocycles. The summed E-state index contributed by atoms with van der Waals surface area (Å²) in [6, 6.07) is 11.6. The smallest absolute Gasteiger partial charge is 0.340 e. The molecule has 7 heteroatoms. The topological polar surface area (TPSA) is 67.9 Å². The largest absolute Gasteiger partial charge is 0.465 e. The molecule has 1 N–H and O–H groups in total. The van der Waals surface area contributed by atoms with Crippen LogP contribution in [0.2, 0.25) is 0 Å². The van der Waals surface area contributed by atoms with Crippen molar-refractivity contribution in [1.29, 1.82) is 0 Å². The normalized spacial score (nSPS) is 13.9. The highest BCUT2D eigenvalue weighted by Crippen LogP contribution is 2.25. The van der Waals surface area contributed by atoms with Crippen LogP contribution in [0.4, 0.5) is 15.8 Å². The standard InChI is InChI=1S/C21H23FN2O4/c1-27-21(26)17-14-16(24-10-12-28-13-11-24)7-8-19(17)23-20(25)9-6-15-4-2-3-5-18(15)22/h2-5,7-8,14H,6,9-13H2,1H3,(H,23,25). The quantitative estimate of drug-likeness (QED) is 0.773. The van der Waals surface area contributed by atoms with Crippen LogP contribution >= 0.6 is 0 Å². The highest BCUT2D eigenvalue weighted by atomic mass is 19.1. The third-order valence-corrected chi connectivity index (χ3v) is 4.64. The lowest BCUT2D eigenvalue weighted by Gasteiger charge is -2.29. The van der Waals surface area contributed by atoms with E-state index in [2.05, 4.69) is 10.2 Å². The van der Waals surface area contributed by atoms with Gasteiger partial charge in [0.25, 0.3) is 0 Å². The van der Waals surface area contributed by atoms with Crippen LogP contribution in [0.25, 0.3) is 0 Å². The van der Waals surface area contributed by atoms with Crippen LogP contribution in [0.3, 0.4) is 0 Å². The number of amides is 1. The summed E-state index contributed by atoms with van der Waals surface area (Å²) in [5.74, 6) is -1.16. The van der Waals surface area contributed by atoms with E-state index in [0.717, 1.165) is 18.8 Å². The Morgan fingerprint density at radius 1 is 1.18 bits per heavy atom. The average Bonchev–Trinajstić information content (AvgIpc) is 2.73. The van der Waals surface area contributed by atoms with Crippen molar-refractivity contribution in [3.05, 3.63) is 59.4 Å². The molecule has 0 bridgehead atoms. The number of nitrogens with one attached hydrogen (secondary N) is 1. The Bertz CT molecular complexity index is 850. The van der Waals surface area contributed by atoms with Gasteiger partial charge in [0.05, 0.1) is 31.6 Å². The first kappa shape index (κ1) is 19.8. The summed E-state index contributed by atoms with van der Waals surface area (Å²) >= 11 is 0. The van der Waals surface area contributed by atoms with E-state index in [1.165, 1.54) is 13.2 Å². The van der Waals surface area contributed by atoms with Gasteiger partial charge < -0.3 is 19.7 Å². The number of carbonyl (C=O) groups excluding carboxylic acids is 2. The van der Waals surface area contributed by atoms with Crippen molar-refractivity contribution < 1.29 is 23.5 Å². The van der Waals surface area contributed by atoms with Crippen molar-refractivity contribution in [3.63, 3.8) is 0 Å². The third kappa shape index (κ3) is 4.86. The molecule has 0 aromatic heterocycles. The molecular weight excluding hydrogens is 363 g/mol. The zero-order valence-electron chi connectivity index (χ0n) is 15.7. The minimum atomic E-state index is -0.528. The van der Waals surface area contributed by atoms with Crippen LogP contribution in [0.5, 0.6) is 0 Å². The van der Waals surface area contributed by atoms with Crippen LogP contribution < -0.4 is 10.2 Å². The summed E-state index contributed by atoms with van der Waals surface area (Å²) in [6.45, 7) is 2.72. The molecule has 3 rings (SSSR count). The van der Waals surface area contributed by atoms with Gasteiger partial charge >= 0.3 is 5.97 Å². The molecule has 1 aliphatic heterocycles. The number of morpholine rings is 1. The molecule has 1 heterocycles. The van der Waals surface area contributed by atoms with Gasteiger partial charge in [-0.05, 0) is 36.2 Å². The van der Waals surface area contributed by atoms with Crippen LogP contribution in [0.15, 0.2) is 42.5 Å². The van der Waals surface area contributed by atoms with Crippen LogP contribution in [0.1, 0.15) is 22.3 Å².